The van der Waals surface area contributed by atoms with Crippen LogP contribution in [0.15, 0.2) is 72.1 Å². The summed E-state index contributed by atoms with van der Waals surface area (Å²) in [4.78, 5) is 11.2. The van der Waals surface area contributed by atoms with Crippen molar-refractivity contribution in [3.63, 3.8) is 0 Å². The summed E-state index contributed by atoms with van der Waals surface area (Å²) in [6, 6.07) is 18.5. The fraction of sp³-hybridized carbons (Fsp3) is 0.0526. The van der Waals surface area contributed by atoms with E-state index < -0.39 is 0 Å². The lowest BCUT2D eigenvalue weighted by Crippen LogP contribution is -2.28. The quantitative estimate of drug-likeness (QED) is 0.601. The first-order chi connectivity index (χ1) is 11.1. The summed E-state index contributed by atoms with van der Waals surface area (Å²) in [5.74, 6) is 5.65. The third kappa shape index (κ3) is 4.58. The molecule has 0 radical (unpaired) electrons. The zero-order chi connectivity index (χ0) is 16.7. The van der Waals surface area contributed by atoms with E-state index >= 15 is 0 Å². The van der Waals surface area contributed by atoms with Crippen LogP contribution >= 0.6 is 0 Å². The van der Waals surface area contributed by atoms with E-state index in [1.54, 1.807) is 12.1 Å². The number of amides is 1. The normalized spacial score (nSPS) is 10.8. The molecule has 2 aromatic carbocycles. The Bertz CT molecular complexity index is 797. The fourth-order valence-electron chi connectivity index (χ4n) is 1.92. The lowest BCUT2D eigenvalue weighted by Gasteiger charge is -2.09. The molecule has 4 N–H and O–H groups in total. The molecule has 0 heterocycles. The van der Waals surface area contributed by atoms with E-state index in [0.717, 1.165) is 5.56 Å². The topological polar surface area (TPSA) is 79.0 Å². The van der Waals surface area contributed by atoms with E-state index in [2.05, 4.69) is 17.2 Å². The summed E-state index contributed by atoms with van der Waals surface area (Å²) in [7, 11) is 0. The maximum Gasteiger partial charge on any atom is 0.222 e. The molecule has 114 valence electrons. The average Bonchev–Trinajstić information content (AvgIpc) is 2.56. The highest BCUT2D eigenvalue weighted by Gasteiger charge is 2.11. The number of hydrogen-bond acceptors (Lipinski definition) is 3. The van der Waals surface area contributed by atoms with Gasteiger partial charge in [-0.15, -0.1) is 0 Å². The van der Waals surface area contributed by atoms with Gasteiger partial charge in [0.05, 0.1) is 11.3 Å². The van der Waals surface area contributed by atoms with Crippen molar-refractivity contribution in [2.45, 2.75) is 6.92 Å². The smallest absolute Gasteiger partial charge is 0.222 e. The second-order valence-corrected chi connectivity index (χ2v) is 4.83. The number of carbonyl (C=O) groups is 1. The Morgan fingerprint density at radius 3 is 2.17 bits per heavy atom. The van der Waals surface area contributed by atoms with Crippen LogP contribution in [0.4, 0.5) is 0 Å². The molecular formula is C19H17N3O. The standard InChI is InChI=1S/C19H17N3O/c1-14(23)22-19(21)17(13-12-15-8-4-2-5-9-15)18(20)16-10-6-3-7-11-16/h2-11,20H,21H2,1H3,(H,22,23)/b19-17+,20-18?. The number of allylic oxidation sites excluding steroid dienone is 1. The van der Waals surface area contributed by atoms with Crippen LogP contribution in [0.25, 0.3) is 0 Å². The Hall–Kier alpha value is -3.32. The lowest BCUT2D eigenvalue weighted by molar-refractivity contribution is -0.118. The summed E-state index contributed by atoms with van der Waals surface area (Å²) in [5, 5.41) is 10.8. The molecule has 2 rings (SSSR count). The number of benzene rings is 2. The molecule has 0 atom stereocenters. The molecule has 2 aromatic rings. The van der Waals surface area contributed by atoms with E-state index in [-0.39, 0.29) is 23.0 Å². The first kappa shape index (κ1) is 16.1. The summed E-state index contributed by atoms with van der Waals surface area (Å²) >= 11 is 0. The Morgan fingerprint density at radius 1 is 1.04 bits per heavy atom. The molecule has 0 bridgehead atoms. The van der Waals surface area contributed by atoms with Crippen LogP contribution in [0.5, 0.6) is 0 Å². The molecule has 1 amide bonds. The second-order valence-electron chi connectivity index (χ2n) is 4.83. The van der Waals surface area contributed by atoms with Gasteiger partial charge >= 0.3 is 0 Å². The van der Waals surface area contributed by atoms with Crippen LogP contribution < -0.4 is 11.1 Å². The van der Waals surface area contributed by atoms with Crippen molar-refractivity contribution >= 4 is 11.6 Å². The van der Waals surface area contributed by atoms with Gasteiger partial charge in [0.25, 0.3) is 0 Å². The zero-order valence-electron chi connectivity index (χ0n) is 12.8. The minimum absolute atomic E-state index is 0.0785. The van der Waals surface area contributed by atoms with Crippen molar-refractivity contribution in [2.24, 2.45) is 5.73 Å². The van der Waals surface area contributed by atoms with Gasteiger partial charge in [-0.1, -0.05) is 60.4 Å². The van der Waals surface area contributed by atoms with Crippen LogP contribution in [0, 0.1) is 17.3 Å². The number of nitrogens with one attached hydrogen (secondary N) is 2. The van der Waals surface area contributed by atoms with Crippen LogP contribution in [0.2, 0.25) is 0 Å². The molecular weight excluding hydrogens is 286 g/mol. The lowest BCUT2D eigenvalue weighted by atomic mass is 10.0. The summed E-state index contributed by atoms with van der Waals surface area (Å²) in [6.45, 7) is 1.36. The molecule has 0 aromatic heterocycles. The average molecular weight is 303 g/mol. The van der Waals surface area contributed by atoms with Gasteiger partial charge in [-0.2, -0.15) is 0 Å². The van der Waals surface area contributed by atoms with E-state index in [9.17, 15) is 4.79 Å². The minimum atomic E-state index is -0.303. The van der Waals surface area contributed by atoms with E-state index in [0.29, 0.717) is 5.56 Å². The molecule has 0 saturated carbocycles. The molecule has 0 fully saturated rings. The highest BCUT2D eigenvalue weighted by atomic mass is 16.1. The Labute approximate surface area is 135 Å². The molecule has 0 aliphatic rings. The van der Waals surface area contributed by atoms with Crippen molar-refractivity contribution in [3.8, 4) is 11.8 Å². The number of carbonyl (C=O) groups excluding carboxylic acids is 1. The van der Waals surface area contributed by atoms with Gasteiger partial charge < -0.3 is 11.1 Å². The van der Waals surface area contributed by atoms with Gasteiger partial charge in [0.2, 0.25) is 5.91 Å². The van der Waals surface area contributed by atoms with Gasteiger partial charge in [-0.05, 0) is 12.1 Å². The van der Waals surface area contributed by atoms with Crippen molar-refractivity contribution in [3.05, 3.63) is 83.2 Å². The van der Waals surface area contributed by atoms with E-state index in [1.807, 2.05) is 48.5 Å². The van der Waals surface area contributed by atoms with Gasteiger partial charge in [0, 0.05) is 18.1 Å². The molecule has 0 aliphatic carbocycles. The Balaban J connectivity index is 2.43. The van der Waals surface area contributed by atoms with Crippen LogP contribution in [0.1, 0.15) is 18.1 Å². The molecule has 0 spiro atoms. The summed E-state index contributed by atoms with van der Waals surface area (Å²) in [6.07, 6.45) is 0. The Morgan fingerprint density at radius 2 is 1.61 bits per heavy atom. The van der Waals surface area contributed by atoms with E-state index in [4.69, 9.17) is 11.1 Å². The molecule has 4 heteroatoms. The van der Waals surface area contributed by atoms with Gasteiger partial charge in [-0.25, -0.2) is 0 Å². The predicted octanol–water partition coefficient (Wildman–Crippen LogP) is 2.41. The fourth-order valence-corrected chi connectivity index (χ4v) is 1.92. The van der Waals surface area contributed by atoms with Crippen molar-refractivity contribution in [2.75, 3.05) is 0 Å². The van der Waals surface area contributed by atoms with Gasteiger partial charge in [0.15, 0.2) is 0 Å². The number of hydrogen-bond donors (Lipinski definition) is 3. The predicted molar refractivity (Wildman–Crippen MR) is 91.6 cm³/mol. The first-order valence-corrected chi connectivity index (χ1v) is 7.06. The maximum atomic E-state index is 11.2. The highest BCUT2D eigenvalue weighted by Crippen LogP contribution is 2.09. The molecule has 4 nitrogen and oxygen atoms in total. The molecule has 0 saturated heterocycles. The van der Waals surface area contributed by atoms with Crippen LogP contribution in [-0.2, 0) is 4.79 Å². The molecule has 0 unspecified atom stereocenters. The second kappa shape index (κ2) is 7.62. The highest BCUT2D eigenvalue weighted by molar-refractivity contribution is 6.14. The third-order valence-corrected chi connectivity index (χ3v) is 3.00. The SMILES string of the molecule is CC(=O)N/C(N)=C(\C#Cc1ccccc1)C(=N)c1ccccc1. The summed E-state index contributed by atoms with van der Waals surface area (Å²) in [5.41, 5.74) is 7.87. The van der Waals surface area contributed by atoms with E-state index in [1.165, 1.54) is 6.92 Å². The largest absolute Gasteiger partial charge is 0.384 e. The van der Waals surface area contributed by atoms with Gasteiger partial charge in [-0.3, -0.25) is 10.2 Å². The summed E-state index contributed by atoms with van der Waals surface area (Å²) < 4.78 is 0. The minimum Gasteiger partial charge on any atom is -0.384 e. The van der Waals surface area contributed by atoms with Gasteiger partial charge in [0.1, 0.15) is 5.82 Å². The monoisotopic (exact) mass is 303 g/mol. The van der Waals surface area contributed by atoms with Crippen molar-refractivity contribution in [1.82, 2.24) is 5.32 Å². The molecule has 0 aliphatic heterocycles. The number of rotatable bonds is 3. The third-order valence-electron chi connectivity index (χ3n) is 3.00. The van der Waals surface area contributed by atoms with Crippen LogP contribution in [-0.4, -0.2) is 11.6 Å². The van der Waals surface area contributed by atoms with Crippen molar-refractivity contribution < 1.29 is 4.79 Å². The molecule has 23 heavy (non-hydrogen) atoms. The van der Waals surface area contributed by atoms with Crippen LogP contribution in [0.3, 0.4) is 0 Å². The number of nitrogens with two attached hydrogens (primary N) is 1. The zero-order valence-corrected chi connectivity index (χ0v) is 12.8. The maximum absolute atomic E-state index is 11.2. The first-order valence-electron chi connectivity index (χ1n) is 7.06. The Kier molecular flexibility index (Phi) is 5.32. The van der Waals surface area contributed by atoms with Crippen molar-refractivity contribution in [1.29, 1.82) is 5.41 Å².